The van der Waals surface area contributed by atoms with E-state index >= 15 is 0 Å². The topological polar surface area (TPSA) is 63.2 Å². The van der Waals surface area contributed by atoms with E-state index in [1.807, 2.05) is 77.9 Å². The summed E-state index contributed by atoms with van der Waals surface area (Å²) < 4.78 is 28.1. The van der Waals surface area contributed by atoms with Crippen LogP contribution < -0.4 is 18.9 Å². The van der Waals surface area contributed by atoms with Crippen LogP contribution in [0.4, 0.5) is 0 Å². The molecular formula is C27H37O6. The molecule has 2 rings (SSSR count). The van der Waals surface area contributed by atoms with Gasteiger partial charge in [-0.3, -0.25) is 0 Å². The van der Waals surface area contributed by atoms with Crippen LogP contribution in [0.1, 0.15) is 59.1 Å². The molecule has 1 radical (unpaired) electrons. The molecule has 0 bridgehead atoms. The minimum atomic E-state index is -0.532. The van der Waals surface area contributed by atoms with Crippen LogP contribution in [0.15, 0.2) is 36.4 Å². The Morgan fingerprint density at radius 2 is 1.64 bits per heavy atom. The molecule has 33 heavy (non-hydrogen) atoms. The Bertz CT molecular complexity index is 921. The normalized spacial score (nSPS) is 11.6. The Balaban J connectivity index is 2.04. The fraction of sp³-hybridized carbons (Fsp3) is 0.481. The highest BCUT2D eigenvalue weighted by Gasteiger charge is 2.22. The van der Waals surface area contributed by atoms with E-state index in [1.54, 1.807) is 14.2 Å². The monoisotopic (exact) mass is 457 g/mol. The van der Waals surface area contributed by atoms with Crippen LogP contribution in [0.2, 0.25) is 0 Å². The molecule has 0 unspecified atom stereocenters. The molecule has 0 aliphatic rings. The Kier molecular flexibility index (Phi) is 9.03. The van der Waals surface area contributed by atoms with E-state index in [9.17, 15) is 4.79 Å². The predicted octanol–water partition coefficient (Wildman–Crippen LogP) is 5.79. The SMILES string of the molecule is COc1ccc(CC[CH]c2cccc(OCC(=O)OC(C)(C)C)c2)c(OC(C)(C)C)c1OC. The van der Waals surface area contributed by atoms with E-state index in [0.717, 1.165) is 24.0 Å². The number of carbonyl (C=O) groups excluding carboxylic acids is 1. The standard InChI is InChI=1S/C27H37O6/c1-26(2,3)32-23(28)18-31-21-14-10-12-19(17-21)11-9-13-20-15-16-22(29-7)25(30-8)24(20)33-27(4,5)6/h10-12,14-17H,9,13,18H2,1-8H3. The predicted molar refractivity (Wildman–Crippen MR) is 129 cm³/mol. The van der Waals surface area contributed by atoms with Crippen LogP contribution >= 0.6 is 0 Å². The van der Waals surface area contributed by atoms with Crippen LogP contribution in [0, 0.1) is 6.42 Å². The highest BCUT2D eigenvalue weighted by atomic mass is 16.6. The lowest BCUT2D eigenvalue weighted by molar-refractivity contribution is -0.157. The quantitative estimate of drug-likeness (QED) is 0.421. The van der Waals surface area contributed by atoms with Gasteiger partial charge in [0, 0.05) is 0 Å². The summed E-state index contributed by atoms with van der Waals surface area (Å²) in [5.41, 5.74) is 1.14. The minimum absolute atomic E-state index is 0.125. The van der Waals surface area contributed by atoms with E-state index in [-0.39, 0.29) is 12.2 Å². The molecule has 0 saturated heterocycles. The molecule has 0 atom stereocenters. The van der Waals surface area contributed by atoms with Crippen molar-refractivity contribution < 1.29 is 28.5 Å². The summed E-state index contributed by atoms with van der Waals surface area (Å²) in [6, 6.07) is 11.5. The maximum absolute atomic E-state index is 11.9. The van der Waals surface area contributed by atoms with Crippen molar-refractivity contribution in [1.29, 1.82) is 0 Å². The largest absolute Gasteiger partial charge is 0.493 e. The molecule has 6 heteroatoms. The van der Waals surface area contributed by atoms with E-state index in [2.05, 4.69) is 6.42 Å². The smallest absolute Gasteiger partial charge is 0.344 e. The number of rotatable bonds is 10. The van der Waals surface area contributed by atoms with Crippen LogP contribution in [-0.4, -0.2) is 38.0 Å². The molecule has 0 heterocycles. The minimum Gasteiger partial charge on any atom is -0.493 e. The number of methoxy groups -OCH3 is 2. The maximum Gasteiger partial charge on any atom is 0.344 e. The van der Waals surface area contributed by atoms with Gasteiger partial charge in [0.05, 0.1) is 14.2 Å². The van der Waals surface area contributed by atoms with Crippen molar-refractivity contribution in [3.05, 3.63) is 53.9 Å². The first-order chi connectivity index (χ1) is 15.4. The van der Waals surface area contributed by atoms with Gasteiger partial charge in [0.2, 0.25) is 5.75 Å². The third-order valence-electron chi connectivity index (χ3n) is 4.42. The first kappa shape index (κ1) is 26.4. The Morgan fingerprint density at radius 1 is 0.909 bits per heavy atom. The van der Waals surface area contributed by atoms with Gasteiger partial charge in [0.15, 0.2) is 18.1 Å². The second-order valence-corrected chi connectivity index (χ2v) is 9.69. The summed E-state index contributed by atoms with van der Waals surface area (Å²) in [6.45, 7) is 11.4. The van der Waals surface area contributed by atoms with Crippen molar-refractivity contribution >= 4 is 5.97 Å². The summed E-state index contributed by atoms with van der Waals surface area (Å²) in [5.74, 6) is 2.17. The zero-order valence-electron chi connectivity index (χ0n) is 21.1. The molecule has 6 nitrogen and oxygen atoms in total. The average Bonchev–Trinajstić information content (AvgIpc) is 2.71. The Hall–Kier alpha value is -2.89. The van der Waals surface area contributed by atoms with Gasteiger partial charge < -0.3 is 23.7 Å². The molecule has 0 aliphatic carbocycles. The number of ether oxygens (including phenoxy) is 5. The highest BCUT2D eigenvalue weighted by Crippen LogP contribution is 2.42. The number of aryl methyl sites for hydroxylation is 1. The third kappa shape index (κ3) is 8.87. The molecule has 0 aliphatic heterocycles. The number of carbonyl (C=O) groups is 1. The Morgan fingerprint density at radius 3 is 2.24 bits per heavy atom. The van der Waals surface area contributed by atoms with E-state index < -0.39 is 11.6 Å². The summed E-state index contributed by atoms with van der Waals surface area (Å²) in [4.78, 5) is 11.9. The van der Waals surface area contributed by atoms with Crippen molar-refractivity contribution in [3.63, 3.8) is 0 Å². The molecule has 2 aromatic rings. The van der Waals surface area contributed by atoms with Gasteiger partial charge in [-0.25, -0.2) is 4.79 Å². The number of hydrogen-bond acceptors (Lipinski definition) is 6. The zero-order chi connectivity index (χ0) is 24.6. The lowest BCUT2D eigenvalue weighted by Crippen LogP contribution is -2.27. The molecule has 0 aromatic heterocycles. The van der Waals surface area contributed by atoms with Crippen molar-refractivity contribution in [2.75, 3.05) is 20.8 Å². The summed E-state index contributed by atoms with van der Waals surface area (Å²) >= 11 is 0. The lowest BCUT2D eigenvalue weighted by atomic mass is 10.0. The second-order valence-electron chi connectivity index (χ2n) is 9.69. The van der Waals surface area contributed by atoms with Gasteiger partial charge in [0.1, 0.15) is 17.0 Å². The van der Waals surface area contributed by atoms with Crippen LogP contribution in [0.5, 0.6) is 23.0 Å². The van der Waals surface area contributed by atoms with Gasteiger partial charge in [-0.1, -0.05) is 18.2 Å². The lowest BCUT2D eigenvalue weighted by Gasteiger charge is -2.25. The van der Waals surface area contributed by atoms with Gasteiger partial charge >= 0.3 is 5.97 Å². The van der Waals surface area contributed by atoms with Crippen molar-refractivity contribution in [3.8, 4) is 23.0 Å². The zero-order valence-corrected chi connectivity index (χ0v) is 21.1. The van der Waals surface area contributed by atoms with Crippen LogP contribution in [0.25, 0.3) is 0 Å². The van der Waals surface area contributed by atoms with E-state index in [4.69, 9.17) is 23.7 Å². The van der Waals surface area contributed by atoms with Crippen molar-refractivity contribution in [2.45, 2.75) is 65.6 Å². The summed E-state index contributed by atoms with van der Waals surface area (Å²) in [6.07, 6.45) is 3.66. The van der Waals surface area contributed by atoms with Gasteiger partial charge in [-0.2, -0.15) is 0 Å². The highest BCUT2D eigenvalue weighted by molar-refractivity contribution is 5.71. The van der Waals surface area contributed by atoms with Gasteiger partial charge in [-0.05, 0) is 90.1 Å². The Labute approximate surface area is 198 Å². The van der Waals surface area contributed by atoms with E-state index in [0.29, 0.717) is 23.0 Å². The molecule has 0 spiro atoms. The fourth-order valence-electron chi connectivity index (χ4n) is 3.19. The molecular weight excluding hydrogens is 420 g/mol. The van der Waals surface area contributed by atoms with Crippen molar-refractivity contribution in [2.24, 2.45) is 0 Å². The summed E-state index contributed by atoms with van der Waals surface area (Å²) in [5, 5.41) is 0. The molecule has 181 valence electrons. The van der Waals surface area contributed by atoms with E-state index in [1.165, 1.54) is 0 Å². The molecule has 0 N–H and O–H groups in total. The van der Waals surface area contributed by atoms with Gasteiger partial charge in [-0.15, -0.1) is 0 Å². The second kappa shape index (κ2) is 11.3. The number of esters is 1. The number of hydrogen-bond donors (Lipinski definition) is 0. The van der Waals surface area contributed by atoms with Crippen LogP contribution in [-0.2, 0) is 16.0 Å². The average molecular weight is 458 g/mol. The molecule has 0 amide bonds. The summed E-state index contributed by atoms with van der Waals surface area (Å²) in [7, 11) is 3.23. The van der Waals surface area contributed by atoms with Crippen LogP contribution in [0.3, 0.4) is 0 Å². The molecule has 2 aromatic carbocycles. The first-order valence-corrected chi connectivity index (χ1v) is 11.1. The van der Waals surface area contributed by atoms with Crippen molar-refractivity contribution in [1.82, 2.24) is 0 Å². The van der Waals surface area contributed by atoms with Gasteiger partial charge in [0.25, 0.3) is 0 Å². The third-order valence-corrected chi connectivity index (χ3v) is 4.42. The maximum atomic E-state index is 11.9. The fourth-order valence-corrected chi connectivity index (χ4v) is 3.19. The first-order valence-electron chi connectivity index (χ1n) is 11.1. The molecule has 0 fully saturated rings. The number of benzene rings is 2. The molecule has 0 saturated carbocycles.